The van der Waals surface area contributed by atoms with Gasteiger partial charge in [0.05, 0.1) is 0 Å². The normalized spacial score (nSPS) is 11.8. The van der Waals surface area contributed by atoms with Gasteiger partial charge in [-0.05, 0) is 30.5 Å². The highest BCUT2D eigenvalue weighted by Crippen LogP contribution is 2.20. The van der Waals surface area contributed by atoms with Crippen molar-refractivity contribution in [1.29, 1.82) is 0 Å². The monoisotopic (exact) mass is 309 g/mol. The van der Waals surface area contributed by atoms with Gasteiger partial charge in [0.1, 0.15) is 5.82 Å². The second-order valence-corrected chi connectivity index (χ2v) is 6.78. The zero-order valence-electron chi connectivity index (χ0n) is 14.0. The Morgan fingerprint density at radius 2 is 1.78 bits per heavy atom. The molecule has 5 heteroatoms. The molecule has 0 amide bonds. The first-order chi connectivity index (χ1) is 11.0. The number of nitrogens with zero attached hydrogens (tertiary/aromatic N) is 4. The minimum absolute atomic E-state index is 0.0850. The Morgan fingerprint density at radius 1 is 1.00 bits per heavy atom. The van der Waals surface area contributed by atoms with Crippen molar-refractivity contribution in [3.05, 3.63) is 53.9 Å². The van der Waals surface area contributed by atoms with Crippen molar-refractivity contribution in [2.75, 3.05) is 11.9 Å². The summed E-state index contributed by atoms with van der Waals surface area (Å²) in [5.74, 6) is 1.73. The second-order valence-electron chi connectivity index (χ2n) is 6.78. The summed E-state index contributed by atoms with van der Waals surface area (Å²) >= 11 is 0. The van der Waals surface area contributed by atoms with E-state index in [1.54, 1.807) is 0 Å². The maximum Gasteiger partial charge on any atom is 0.178 e. The number of aryl methyl sites for hydroxylation is 1. The van der Waals surface area contributed by atoms with Gasteiger partial charge in [-0.1, -0.05) is 51.1 Å². The summed E-state index contributed by atoms with van der Waals surface area (Å²) in [6, 6.07) is 14.4. The molecule has 1 aromatic carbocycles. The molecular formula is C18H23N5. The van der Waals surface area contributed by atoms with Crippen LogP contribution in [-0.2, 0) is 11.8 Å². The smallest absolute Gasteiger partial charge is 0.178 e. The minimum Gasteiger partial charge on any atom is -0.369 e. The number of hydrogen-bond acceptors (Lipinski definition) is 4. The Bertz CT molecular complexity index is 771. The molecule has 0 aliphatic heterocycles. The molecule has 0 radical (unpaired) electrons. The quantitative estimate of drug-likeness (QED) is 0.733. The Kier molecular flexibility index (Phi) is 4.28. The third-order valence-corrected chi connectivity index (χ3v) is 3.72. The van der Waals surface area contributed by atoms with Crippen LogP contribution in [0.2, 0.25) is 0 Å². The molecule has 2 aromatic heterocycles. The zero-order valence-corrected chi connectivity index (χ0v) is 14.0. The van der Waals surface area contributed by atoms with Gasteiger partial charge in [-0.2, -0.15) is 4.52 Å². The lowest BCUT2D eigenvalue weighted by atomic mass is 9.96. The predicted molar refractivity (Wildman–Crippen MR) is 92.7 cm³/mol. The van der Waals surface area contributed by atoms with Crippen LogP contribution < -0.4 is 5.32 Å². The van der Waals surface area contributed by atoms with Crippen LogP contribution in [-0.4, -0.2) is 26.4 Å². The molecule has 0 saturated carbocycles. The lowest BCUT2D eigenvalue weighted by Crippen LogP contribution is -2.17. The molecule has 23 heavy (non-hydrogen) atoms. The number of aromatic nitrogens is 4. The Labute approximate surface area is 136 Å². The fraction of sp³-hybridized carbons (Fsp3) is 0.389. The van der Waals surface area contributed by atoms with Crippen molar-refractivity contribution >= 4 is 11.5 Å². The van der Waals surface area contributed by atoms with E-state index < -0.39 is 0 Å². The Hall–Kier alpha value is -2.43. The molecule has 1 N–H and O–H groups in total. The van der Waals surface area contributed by atoms with E-state index >= 15 is 0 Å². The number of rotatable bonds is 5. The largest absolute Gasteiger partial charge is 0.369 e. The van der Waals surface area contributed by atoms with Crippen molar-refractivity contribution in [3.63, 3.8) is 0 Å². The first kappa shape index (κ1) is 15.5. The molecular weight excluding hydrogens is 286 g/mol. The molecule has 0 fully saturated rings. The van der Waals surface area contributed by atoms with Crippen LogP contribution in [0.25, 0.3) is 5.65 Å². The molecule has 0 atom stereocenters. The third-order valence-electron chi connectivity index (χ3n) is 3.72. The van der Waals surface area contributed by atoms with Gasteiger partial charge in [-0.25, -0.2) is 0 Å². The molecule has 120 valence electrons. The van der Waals surface area contributed by atoms with Crippen LogP contribution in [0.3, 0.4) is 0 Å². The van der Waals surface area contributed by atoms with Gasteiger partial charge in [-0.3, -0.25) is 0 Å². The minimum atomic E-state index is -0.0850. The number of anilines is 1. The molecule has 3 rings (SSSR count). The van der Waals surface area contributed by atoms with Crippen molar-refractivity contribution in [1.82, 2.24) is 19.8 Å². The maximum atomic E-state index is 4.63. The molecule has 0 aliphatic carbocycles. The molecule has 0 spiro atoms. The number of hydrogen-bond donors (Lipinski definition) is 1. The van der Waals surface area contributed by atoms with Gasteiger partial charge >= 0.3 is 0 Å². The highest BCUT2D eigenvalue weighted by atomic mass is 15.4. The molecule has 5 nitrogen and oxygen atoms in total. The van der Waals surface area contributed by atoms with Gasteiger partial charge < -0.3 is 5.32 Å². The van der Waals surface area contributed by atoms with E-state index in [9.17, 15) is 0 Å². The van der Waals surface area contributed by atoms with E-state index in [0.717, 1.165) is 36.7 Å². The Balaban J connectivity index is 1.64. The number of benzene rings is 1. The van der Waals surface area contributed by atoms with E-state index in [4.69, 9.17) is 0 Å². The standard InChI is InChI=1S/C18H23N5/c1-18(2,3)17-21-20-16-12-11-15(22-23(16)17)19-13-7-10-14-8-5-4-6-9-14/h4-6,8-9,11-12H,7,10,13H2,1-3H3,(H,19,22). The fourth-order valence-electron chi connectivity index (χ4n) is 2.50. The third kappa shape index (κ3) is 3.67. The van der Waals surface area contributed by atoms with Crippen molar-refractivity contribution in [2.45, 2.75) is 39.0 Å². The van der Waals surface area contributed by atoms with Gasteiger partial charge in [0.15, 0.2) is 11.5 Å². The first-order valence-electron chi connectivity index (χ1n) is 8.05. The highest BCUT2D eigenvalue weighted by molar-refractivity contribution is 5.44. The second kappa shape index (κ2) is 6.36. The zero-order chi connectivity index (χ0) is 16.3. The summed E-state index contributed by atoms with van der Waals surface area (Å²) in [5.41, 5.74) is 2.06. The van der Waals surface area contributed by atoms with E-state index in [1.165, 1.54) is 5.56 Å². The SMILES string of the molecule is CC(C)(C)c1nnc2ccc(NCCCc3ccccc3)nn12. The average molecular weight is 309 g/mol. The van der Waals surface area contributed by atoms with Crippen LogP contribution in [0, 0.1) is 0 Å². The Morgan fingerprint density at radius 3 is 2.52 bits per heavy atom. The summed E-state index contributed by atoms with van der Waals surface area (Å²) in [5, 5.41) is 16.5. The van der Waals surface area contributed by atoms with E-state index in [0.29, 0.717) is 0 Å². The summed E-state index contributed by atoms with van der Waals surface area (Å²) in [4.78, 5) is 0. The summed E-state index contributed by atoms with van der Waals surface area (Å²) in [6.07, 6.45) is 2.13. The van der Waals surface area contributed by atoms with Crippen molar-refractivity contribution < 1.29 is 0 Å². The van der Waals surface area contributed by atoms with Crippen LogP contribution in [0.5, 0.6) is 0 Å². The predicted octanol–water partition coefficient (Wildman–Crippen LogP) is 3.47. The van der Waals surface area contributed by atoms with Crippen LogP contribution in [0.4, 0.5) is 5.82 Å². The highest BCUT2D eigenvalue weighted by Gasteiger charge is 2.21. The summed E-state index contributed by atoms with van der Waals surface area (Å²) in [7, 11) is 0. The fourth-order valence-corrected chi connectivity index (χ4v) is 2.50. The van der Waals surface area contributed by atoms with Gasteiger partial charge in [-0.15, -0.1) is 15.3 Å². The van der Waals surface area contributed by atoms with Crippen molar-refractivity contribution in [2.24, 2.45) is 0 Å². The van der Waals surface area contributed by atoms with Crippen LogP contribution in [0.15, 0.2) is 42.5 Å². The van der Waals surface area contributed by atoms with Crippen molar-refractivity contribution in [3.8, 4) is 0 Å². The molecule has 3 aromatic rings. The molecule has 0 aliphatic rings. The van der Waals surface area contributed by atoms with Gasteiger partial charge in [0.25, 0.3) is 0 Å². The van der Waals surface area contributed by atoms with E-state index in [1.807, 2.05) is 22.7 Å². The molecule has 0 unspecified atom stereocenters. The summed E-state index contributed by atoms with van der Waals surface area (Å²) < 4.78 is 1.83. The summed E-state index contributed by atoms with van der Waals surface area (Å²) in [6.45, 7) is 7.24. The topological polar surface area (TPSA) is 55.1 Å². The lowest BCUT2D eigenvalue weighted by molar-refractivity contribution is 0.527. The molecule has 0 bridgehead atoms. The molecule has 0 saturated heterocycles. The lowest BCUT2D eigenvalue weighted by Gasteiger charge is -2.15. The van der Waals surface area contributed by atoms with Crippen LogP contribution >= 0.6 is 0 Å². The molecule has 2 heterocycles. The van der Waals surface area contributed by atoms with E-state index in [2.05, 4.69) is 65.6 Å². The number of fused-ring (bicyclic) bond motifs is 1. The first-order valence-corrected chi connectivity index (χ1v) is 8.05. The maximum absolute atomic E-state index is 4.63. The van der Waals surface area contributed by atoms with Gasteiger partial charge in [0, 0.05) is 12.0 Å². The van der Waals surface area contributed by atoms with E-state index in [-0.39, 0.29) is 5.41 Å². The number of nitrogens with one attached hydrogen (secondary N) is 1. The van der Waals surface area contributed by atoms with Gasteiger partial charge in [0.2, 0.25) is 0 Å². The average Bonchev–Trinajstić information content (AvgIpc) is 2.96. The van der Waals surface area contributed by atoms with Crippen LogP contribution in [0.1, 0.15) is 38.6 Å².